The van der Waals surface area contributed by atoms with E-state index in [4.69, 9.17) is 0 Å². The van der Waals surface area contributed by atoms with Gasteiger partial charge in [-0.05, 0) is 31.8 Å². The van der Waals surface area contributed by atoms with Gasteiger partial charge in [0.05, 0.1) is 0 Å². The zero-order valence-electron chi connectivity index (χ0n) is 11.8. The monoisotopic (exact) mass is 223 g/mol. The Morgan fingerprint density at radius 3 is 2.25 bits per heavy atom. The zero-order chi connectivity index (χ0) is 13.0. The molecule has 0 atom stereocenters. The van der Waals surface area contributed by atoms with Crippen LogP contribution >= 0.6 is 0 Å². The third-order valence-electron chi connectivity index (χ3n) is 2.02. The summed E-state index contributed by atoms with van der Waals surface area (Å²) in [7, 11) is 0. The van der Waals surface area contributed by atoms with Crippen molar-refractivity contribution in [3.05, 3.63) is 36.1 Å². The number of hydrogen-bond donors (Lipinski definition) is 1. The number of nitrogens with one attached hydrogen (secondary N) is 1. The molecule has 0 bridgehead atoms. The predicted molar refractivity (Wildman–Crippen MR) is 76.6 cm³/mol. The largest absolute Gasteiger partial charge is 0.385 e. The highest BCUT2D eigenvalue weighted by molar-refractivity contribution is 5.33. The normalized spacial score (nSPS) is 17.1. The second-order valence-corrected chi connectivity index (χ2v) is 3.38. The molecule has 0 aromatic heterocycles. The Morgan fingerprint density at radius 2 is 1.75 bits per heavy atom. The van der Waals surface area contributed by atoms with Gasteiger partial charge in [0.25, 0.3) is 0 Å². The van der Waals surface area contributed by atoms with Crippen molar-refractivity contribution in [2.45, 2.75) is 53.9 Å². The molecule has 0 aromatic rings. The molecule has 1 rings (SSSR count). The van der Waals surface area contributed by atoms with E-state index in [9.17, 15) is 0 Å². The molecule has 0 unspecified atom stereocenters. The molecule has 0 saturated carbocycles. The fraction of sp³-hybridized carbons (Fsp3) is 0.600. The van der Waals surface area contributed by atoms with Crippen molar-refractivity contribution in [3.63, 3.8) is 0 Å². The van der Waals surface area contributed by atoms with Crippen LogP contribution in [0.1, 0.15) is 53.9 Å². The third kappa shape index (κ3) is 8.34. The number of allylic oxidation sites excluding steroid dienone is 3. The molecule has 0 amide bonds. The molecule has 1 heterocycles. The van der Waals surface area contributed by atoms with Crippen molar-refractivity contribution >= 4 is 0 Å². The minimum atomic E-state index is 1.06. The van der Waals surface area contributed by atoms with E-state index in [-0.39, 0.29) is 0 Å². The summed E-state index contributed by atoms with van der Waals surface area (Å²) in [4.78, 5) is 0. The lowest BCUT2D eigenvalue weighted by molar-refractivity contribution is 0.732. The molecular weight excluding hydrogens is 194 g/mol. The maximum atomic E-state index is 3.99. The molecule has 16 heavy (non-hydrogen) atoms. The molecule has 1 aliphatic rings. The highest BCUT2D eigenvalue weighted by Crippen LogP contribution is 2.18. The second-order valence-electron chi connectivity index (χ2n) is 3.38. The Hall–Kier alpha value is -0.980. The van der Waals surface area contributed by atoms with E-state index in [2.05, 4.69) is 24.6 Å². The Kier molecular flexibility index (Phi) is 13.2. The maximum Gasteiger partial charge on any atom is 0.0299 e. The average Bonchev–Trinajstić information content (AvgIpc) is 2.50. The van der Waals surface area contributed by atoms with Gasteiger partial charge in [0.1, 0.15) is 0 Å². The van der Waals surface area contributed by atoms with Crippen molar-refractivity contribution in [2.75, 3.05) is 6.54 Å². The van der Waals surface area contributed by atoms with E-state index in [0.717, 1.165) is 24.2 Å². The summed E-state index contributed by atoms with van der Waals surface area (Å²) in [5, 5.41) is 3.30. The van der Waals surface area contributed by atoms with E-state index in [1.807, 2.05) is 34.6 Å². The summed E-state index contributed by atoms with van der Waals surface area (Å²) in [6.07, 6.45) is 5.76. The lowest BCUT2D eigenvalue weighted by Gasteiger charge is -2.07. The van der Waals surface area contributed by atoms with Gasteiger partial charge in [-0.15, -0.1) is 0 Å². The van der Waals surface area contributed by atoms with Crippen molar-refractivity contribution in [3.8, 4) is 0 Å². The van der Waals surface area contributed by atoms with Crippen LogP contribution in [0.15, 0.2) is 36.1 Å². The van der Waals surface area contributed by atoms with E-state index < -0.39 is 0 Å². The zero-order valence-corrected chi connectivity index (χ0v) is 11.8. The molecule has 1 nitrogen and oxygen atoms in total. The molecule has 1 aliphatic heterocycles. The maximum absolute atomic E-state index is 3.99. The van der Waals surface area contributed by atoms with Gasteiger partial charge >= 0.3 is 0 Å². The van der Waals surface area contributed by atoms with Gasteiger partial charge in [-0.3, -0.25) is 0 Å². The molecule has 94 valence electrons. The van der Waals surface area contributed by atoms with Gasteiger partial charge in [-0.2, -0.15) is 0 Å². The molecule has 1 N–H and O–H groups in total. The van der Waals surface area contributed by atoms with Crippen LogP contribution in [0.5, 0.6) is 0 Å². The van der Waals surface area contributed by atoms with Gasteiger partial charge in [-0.25, -0.2) is 0 Å². The van der Waals surface area contributed by atoms with Crippen LogP contribution in [0.25, 0.3) is 0 Å². The first-order valence-corrected chi connectivity index (χ1v) is 6.49. The minimum Gasteiger partial charge on any atom is -0.385 e. The van der Waals surface area contributed by atoms with Crippen LogP contribution in [0.3, 0.4) is 0 Å². The standard InChI is InChI=1S/C11H17N.2C2H6/c1-9(2)8-11-6-4-5-7-12-10(11)3;2*1-2/h8,12H,1,3-7H2,2H3;2*1-2H3/b11-8-;;. The molecule has 0 radical (unpaired) electrons. The van der Waals surface area contributed by atoms with E-state index in [1.54, 1.807) is 0 Å². The van der Waals surface area contributed by atoms with Crippen molar-refractivity contribution in [2.24, 2.45) is 0 Å². The first-order chi connectivity index (χ1) is 7.70. The summed E-state index contributed by atoms with van der Waals surface area (Å²) in [5.41, 5.74) is 3.50. The van der Waals surface area contributed by atoms with Crippen LogP contribution in [-0.2, 0) is 0 Å². The van der Waals surface area contributed by atoms with Crippen LogP contribution in [0.4, 0.5) is 0 Å². The molecule has 1 heteroatoms. The summed E-state index contributed by atoms with van der Waals surface area (Å²) < 4.78 is 0. The average molecular weight is 223 g/mol. The molecule has 1 fully saturated rings. The lowest BCUT2D eigenvalue weighted by atomic mass is 10.1. The van der Waals surface area contributed by atoms with Gasteiger partial charge < -0.3 is 5.32 Å². The summed E-state index contributed by atoms with van der Waals surface area (Å²) in [5.74, 6) is 0. The molecule has 0 aromatic carbocycles. The van der Waals surface area contributed by atoms with Gasteiger partial charge in [-0.1, -0.05) is 52.5 Å². The Labute approximate surface area is 102 Å². The second kappa shape index (κ2) is 12.1. The number of hydrogen-bond acceptors (Lipinski definition) is 1. The van der Waals surface area contributed by atoms with E-state index >= 15 is 0 Å². The fourth-order valence-corrected chi connectivity index (χ4v) is 1.40. The highest BCUT2D eigenvalue weighted by Gasteiger charge is 2.06. The van der Waals surface area contributed by atoms with Crippen molar-refractivity contribution in [1.29, 1.82) is 0 Å². The molecular formula is C15H29N. The minimum absolute atomic E-state index is 1.06. The molecule has 0 aliphatic carbocycles. The van der Waals surface area contributed by atoms with Crippen LogP contribution < -0.4 is 5.32 Å². The lowest BCUT2D eigenvalue weighted by Crippen LogP contribution is -2.11. The Bertz CT molecular complexity index is 224. The van der Waals surface area contributed by atoms with Crippen LogP contribution in [0, 0.1) is 0 Å². The smallest absolute Gasteiger partial charge is 0.0299 e. The van der Waals surface area contributed by atoms with E-state index in [0.29, 0.717) is 0 Å². The van der Waals surface area contributed by atoms with E-state index in [1.165, 1.54) is 18.4 Å². The third-order valence-corrected chi connectivity index (χ3v) is 2.02. The quantitative estimate of drug-likeness (QED) is 0.671. The fourth-order valence-electron chi connectivity index (χ4n) is 1.40. The van der Waals surface area contributed by atoms with Crippen LogP contribution in [-0.4, -0.2) is 6.54 Å². The first kappa shape index (κ1) is 17.4. The Balaban J connectivity index is 0. The topological polar surface area (TPSA) is 12.0 Å². The summed E-state index contributed by atoms with van der Waals surface area (Å²) >= 11 is 0. The van der Waals surface area contributed by atoms with Gasteiger partial charge in [0.2, 0.25) is 0 Å². The Morgan fingerprint density at radius 1 is 1.19 bits per heavy atom. The summed E-state index contributed by atoms with van der Waals surface area (Å²) in [6.45, 7) is 18.9. The van der Waals surface area contributed by atoms with Crippen molar-refractivity contribution in [1.82, 2.24) is 5.32 Å². The summed E-state index contributed by atoms with van der Waals surface area (Å²) in [6, 6.07) is 0. The SMILES string of the molecule is C=C(C)/C=C1/CCCCNC1=C.CC.CC. The van der Waals surface area contributed by atoms with Gasteiger partial charge in [0.15, 0.2) is 0 Å². The molecule has 1 saturated heterocycles. The number of rotatable bonds is 1. The highest BCUT2D eigenvalue weighted by atomic mass is 14.9. The van der Waals surface area contributed by atoms with Crippen LogP contribution in [0.2, 0.25) is 0 Å². The molecule has 0 spiro atoms. The van der Waals surface area contributed by atoms with Crippen molar-refractivity contribution < 1.29 is 0 Å². The van der Waals surface area contributed by atoms with Gasteiger partial charge in [0, 0.05) is 12.2 Å². The first-order valence-electron chi connectivity index (χ1n) is 6.49. The predicted octanol–water partition coefficient (Wildman–Crippen LogP) is 4.83.